The molecule has 11 heavy (non-hydrogen) atoms. The molecule has 1 amide bonds. The standard InChI is InChI=1S/C6H11NO4/c1-3(6(10)11)7-5(9)4(2)8/h3-4,8H,1-2H3,(H,7,9)(H,10,11)/t3-,4+/m0/s1. The van der Waals surface area contributed by atoms with E-state index >= 15 is 0 Å². The Morgan fingerprint density at radius 3 is 2.09 bits per heavy atom. The number of carbonyl (C=O) groups is 2. The van der Waals surface area contributed by atoms with Crippen LogP contribution in [0, 0.1) is 0 Å². The number of carbonyl (C=O) groups excluding carboxylic acids is 1. The molecule has 0 aliphatic heterocycles. The van der Waals surface area contributed by atoms with Gasteiger partial charge >= 0.3 is 5.97 Å². The molecule has 3 N–H and O–H groups in total. The van der Waals surface area contributed by atoms with E-state index in [-0.39, 0.29) is 0 Å². The van der Waals surface area contributed by atoms with Crippen molar-refractivity contribution < 1.29 is 19.8 Å². The fourth-order valence-electron chi connectivity index (χ4n) is 0.396. The summed E-state index contributed by atoms with van der Waals surface area (Å²) in [5, 5.41) is 19.1. The first-order chi connectivity index (χ1) is 4.95. The number of carboxylic acids is 1. The first-order valence-corrected chi connectivity index (χ1v) is 3.16. The minimum atomic E-state index is -1.17. The van der Waals surface area contributed by atoms with Gasteiger partial charge in [0.1, 0.15) is 12.1 Å². The largest absolute Gasteiger partial charge is 0.480 e. The summed E-state index contributed by atoms with van der Waals surface area (Å²) in [4.78, 5) is 20.8. The van der Waals surface area contributed by atoms with E-state index in [2.05, 4.69) is 5.32 Å². The lowest BCUT2D eigenvalue weighted by Crippen LogP contribution is -2.42. The lowest BCUT2D eigenvalue weighted by atomic mass is 10.3. The van der Waals surface area contributed by atoms with E-state index in [0.717, 1.165) is 0 Å². The molecule has 0 aliphatic carbocycles. The van der Waals surface area contributed by atoms with Crippen LogP contribution in [0.4, 0.5) is 0 Å². The molecule has 0 aromatic rings. The molecule has 0 saturated carbocycles. The molecule has 0 radical (unpaired) electrons. The van der Waals surface area contributed by atoms with Gasteiger partial charge < -0.3 is 15.5 Å². The molecule has 5 heteroatoms. The second kappa shape index (κ2) is 3.92. The molecule has 5 nitrogen and oxygen atoms in total. The predicted octanol–water partition coefficient (Wildman–Crippen LogP) is -1.04. The van der Waals surface area contributed by atoms with Gasteiger partial charge in [0.2, 0.25) is 5.91 Å². The van der Waals surface area contributed by atoms with Crippen LogP contribution >= 0.6 is 0 Å². The Bertz CT molecular complexity index is 166. The predicted molar refractivity (Wildman–Crippen MR) is 36.9 cm³/mol. The van der Waals surface area contributed by atoms with Crippen molar-refractivity contribution in [2.45, 2.75) is 26.0 Å². The van der Waals surface area contributed by atoms with Crippen molar-refractivity contribution >= 4 is 11.9 Å². The van der Waals surface area contributed by atoms with Gasteiger partial charge in [-0.25, -0.2) is 0 Å². The summed E-state index contributed by atoms with van der Waals surface area (Å²) < 4.78 is 0. The number of rotatable bonds is 3. The van der Waals surface area contributed by atoms with Gasteiger partial charge in [-0.1, -0.05) is 0 Å². The molecule has 0 aliphatic rings. The van der Waals surface area contributed by atoms with Crippen LogP contribution in [0.5, 0.6) is 0 Å². The maximum atomic E-state index is 10.6. The smallest absolute Gasteiger partial charge is 0.325 e. The van der Waals surface area contributed by atoms with Crippen molar-refractivity contribution in [2.24, 2.45) is 0 Å². The molecule has 0 unspecified atom stereocenters. The van der Waals surface area contributed by atoms with Crippen LogP contribution in [-0.2, 0) is 9.59 Å². The molecule has 0 spiro atoms. The first-order valence-electron chi connectivity index (χ1n) is 3.16. The van der Waals surface area contributed by atoms with Crippen LogP contribution in [-0.4, -0.2) is 34.2 Å². The van der Waals surface area contributed by atoms with E-state index in [1.54, 1.807) is 0 Å². The topological polar surface area (TPSA) is 86.6 Å². The summed E-state index contributed by atoms with van der Waals surface area (Å²) in [7, 11) is 0. The molecule has 0 aromatic carbocycles. The van der Waals surface area contributed by atoms with E-state index < -0.39 is 24.0 Å². The number of hydrogen-bond acceptors (Lipinski definition) is 3. The Morgan fingerprint density at radius 1 is 1.36 bits per heavy atom. The monoisotopic (exact) mass is 161 g/mol. The Labute approximate surface area is 64.0 Å². The summed E-state index contributed by atoms with van der Waals surface area (Å²) in [6.45, 7) is 2.59. The number of aliphatic hydroxyl groups excluding tert-OH is 1. The quantitative estimate of drug-likeness (QED) is 0.493. The summed E-state index contributed by atoms with van der Waals surface area (Å²) in [5.41, 5.74) is 0. The number of nitrogens with one attached hydrogen (secondary N) is 1. The van der Waals surface area contributed by atoms with Crippen molar-refractivity contribution in [1.82, 2.24) is 5.32 Å². The second-order valence-corrected chi connectivity index (χ2v) is 2.24. The Hall–Kier alpha value is -1.10. The third-order valence-electron chi connectivity index (χ3n) is 1.11. The van der Waals surface area contributed by atoms with Crippen molar-refractivity contribution in [1.29, 1.82) is 0 Å². The van der Waals surface area contributed by atoms with E-state index in [1.807, 2.05) is 0 Å². The van der Waals surface area contributed by atoms with Crippen molar-refractivity contribution in [3.8, 4) is 0 Å². The zero-order chi connectivity index (χ0) is 9.02. The molecule has 64 valence electrons. The highest BCUT2D eigenvalue weighted by Crippen LogP contribution is 1.84. The van der Waals surface area contributed by atoms with Crippen LogP contribution in [0.15, 0.2) is 0 Å². The highest BCUT2D eigenvalue weighted by molar-refractivity contribution is 5.85. The molecular formula is C6H11NO4. The van der Waals surface area contributed by atoms with E-state index in [1.165, 1.54) is 13.8 Å². The molecule has 0 aromatic heterocycles. The maximum absolute atomic E-state index is 10.6. The molecule has 0 heterocycles. The summed E-state index contributed by atoms with van der Waals surface area (Å²) in [6.07, 6.45) is -1.17. The van der Waals surface area contributed by atoms with Gasteiger partial charge in [0.05, 0.1) is 0 Å². The van der Waals surface area contributed by atoms with Crippen molar-refractivity contribution in [2.75, 3.05) is 0 Å². The lowest BCUT2D eigenvalue weighted by molar-refractivity contribution is -0.142. The van der Waals surface area contributed by atoms with Gasteiger partial charge in [-0.3, -0.25) is 9.59 Å². The third kappa shape index (κ3) is 3.57. The fourth-order valence-corrected chi connectivity index (χ4v) is 0.396. The number of hydrogen-bond donors (Lipinski definition) is 3. The Balaban J connectivity index is 3.85. The molecule has 0 saturated heterocycles. The zero-order valence-electron chi connectivity index (χ0n) is 6.37. The fraction of sp³-hybridized carbons (Fsp3) is 0.667. The van der Waals surface area contributed by atoms with Gasteiger partial charge in [0.25, 0.3) is 0 Å². The first kappa shape index (κ1) is 9.90. The van der Waals surface area contributed by atoms with Crippen LogP contribution in [0.3, 0.4) is 0 Å². The summed E-state index contributed by atoms with van der Waals surface area (Å²) in [5.74, 6) is -1.81. The minimum absolute atomic E-state index is 0.681. The molecule has 2 atom stereocenters. The maximum Gasteiger partial charge on any atom is 0.325 e. The van der Waals surface area contributed by atoms with Gasteiger partial charge in [0.15, 0.2) is 0 Å². The zero-order valence-corrected chi connectivity index (χ0v) is 6.37. The van der Waals surface area contributed by atoms with E-state index in [0.29, 0.717) is 0 Å². The SMILES string of the molecule is C[C@H](NC(=O)[C@@H](C)O)C(=O)O. The Kier molecular flexibility index (Phi) is 3.53. The van der Waals surface area contributed by atoms with Crippen molar-refractivity contribution in [3.63, 3.8) is 0 Å². The lowest BCUT2D eigenvalue weighted by Gasteiger charge is -2.09. The third-order valence-corrected chi connectivity index (χ3v) is 1.11. The normalized spacial score (nSPS) is 15.2. The van der Waals surface area contributed by atoms with Gasteiger partial charge in [-0.15, -0.1) is 0 Å². The molecular weight excluding hydrogens is 150 g/mol. The van der Waals surface area contributed by atoms with Crippen LogP contribution in [0.2, 0.25) is 0 Å². The number of amides is 1. The molecule has 0 bridgehead atoms. The van der Waals surface area contributed by atoms with E-state index in [9.17, 15) is 9.59 Å². The minimum Gasteiger partial charge on any atom is -0.480 e. The number of aliphatic hydroxyl groups is 1. The van der Waals surface area contributed by atoms with Crippen molar-refractivity contribution in [3.05, 3.63) is 0 Å². The second-order valence-electron chi connectivity index (χ2n) is 2.24. The van der Waals surface area contributed by atoms with Gasteiger partial charge in [-0.2, -0.15) is 0 Å². The van der Waals surface area contributed by atoms with E-state index in [4.69, 9.17) is 10.2 Å². The summed E-state index contributed by atoms with van der Waals surface area (Å²) >= 11 is 0. The van der Waals surface area contributed by atoms with Crippen LogP contribution < -0.4 is 5.32 Å². The van der Waals surface area contributed by atoms with Gasteiger partial charge in [-0.05, 0) is 13.8 Å². The number of aliphatic carboxylic acids is 1. The van der Waals surface area contributed by atoms with Crippen LogP contribution in [0.25, 0.3) is 0 Å². The van der Waals surface area contributed by atoms with Crippen LogP contribution in [0.1, 0.15) is 13.8 Å². The highest BCUT2D eigenvalue weighted by atomic mass is 16.4. The molecule has 0 fully saturated rings. The molecule has 0 rings (SSSR count). The highest BCUT2D eigenvalue weighted by Gasteiger charge is 2.16. The average Bonchev–Trinajstić information content (AvgIpc) is 1.87. The number of carboxylic acid groups (broad SMARTS) is 1. The summed E-state index contributed by atoms with van der Waals surface area (Å²) in [6, 6.07) is -0.961. The average molecular weight is 161 g/mol. The van der Waals surface area contributed by atoms with Gasteiger partial charge in [0, 0.05) is 0 Å². The Morgan fingerprint density at radius 2 is 1.82 bits per heavy atom.